The number of Topliss-reactive ketones (excluding diaryl/α,β-unsaturated/α-hetero) is 1. The zero-order valence-corrected chi connectivity index (χ0v) is 19.8. The van der Waals surface area contributed by atoms with Gasteiger partial charge in [0, 0.05) is 31.4 Å². The van der Waals surface area contributed by atoms with Gasteiger partial charge in [0.2, 0.25) is 0 Å². The summed E-state index contributed by atoms with van der Waals surface area (Å²) < 4.78 is 1.67. The number of hydrogen-bond acceptors (Lipinski definition) is 7. The second kappa shape index (κ2) is 9.67. The van der Waals surface area contributed by atoms with Crippen LogP contribution >= 0.6 is 0 Å². The summed E-state index contributed by atoms with van der Waals surface area (Å²) in [5.41, 5.74) is 1.76. The Hall–Kier alpha value is -4.05. The summed E-state index contributed by atoms with van der Waals surface area (Å²) >= 11 is 0. The number of ketones is 1. The highest BCUT2D eigenvalue weighted by Crippen LogP contribution is 2.40. The van der Waals surface area contributed by atoms with Crippen LogP contribution in [0.3, 0.4) is 0 Å². The number of nitro groups is 1. The van der Waals surface area contributed by atoms with E-state index < -0.39 is 22.7 Å². The normalized spacial score (nSPS) is 17.6. The summed E-state index contributed by atoms with van der Waals surface area (Å²) in [4.78, 5) is 45.1. The van der Waals surface area contributed by atoms with Gasteiger partial charge in [-0.3, -0.25) is 24.1 Å². The van der Waals surface area contributed by atoms with Crippen LogP contribution in [0.4, 0.5) is 5.69 Å². The summed E-state index contributed by atoms with van der Waals surface area (Å²) in [6, 6.07) is 10.2. The van der Waals surface area contributed by atoms with E-state index in [4.69, 9.17) is 0 Å². The molecule has 1 aromatic carbocycles. The number of nitro benzene ring substituents is 1. The minimum atomic E-state index is -0.889. The molecule has 10 heteroatoms. The second-order valence-electron chi connectivity index (χ2n) is 8.34. The fraction of sp³-hybridized carbons (Fsp3) is 0.320. The zero-order valence-electron chi connectivity index (χ0n) is 19.8. The number of carbonyl (C=O) groups excluding carboxylic acids is 2. The number of likely N-dealkylation sites (N-methyl/N-ethyl adjacent to an activating group) is 1. The number of fused-ring (bicyclic) bond motifs is 1. The van der Waals surface area contributed by atoms with Gasteiger partial charge in [-0.1, -0.05) is 19.9 Å². The Morgan fingerprint density at radius 3 is 2.46 bits per heavy atom. The summed E-state index contributed by atoms with van der Waals surface area (Å²) in [6.45, 7) is 8.11. The molecule has 3 heterocycles. The van der Waals surface area contributed by atoms with E-state index in [0.717, 1.165) is 13.1 Å². The molecule has 0 spiro atoms. The van der Waals surface area contributed by atoms with Crippen molar-refractivity contribution in [1.82, 2.24) is 19.2 Å². The van der Waals surface area contributed by atoms with Crippen molar-refractivity contribution in [3.63, 3.8) is 0 Å². The van der Waals surface area contributed by atoms with Crippen molar-refractivity contribution in [2.45, 2.75) is 26.8 Å². The van der Waals surface area contributed by atoms with Crippen LogP contribution in [0.15, 0.2) is 54.2 Å². The molecule has 2 aromatic heterocycles. The van der Waals surface area contributed by atoms with Crippen LogP contribution in [-0.4, -0.2) is 67.1 Å². The molecule has 4 rings (SSSR count). The maximum absolute atomic E-state index is 13.3. The van der Waals surface area contributed by atoms with Crippen LogP contribution in [0.2, 0.25) is 0 Å². The van der Waals surface area contributed by atoms with Crippen LogP contribution in [0.1, 0.15) is 36.8 Å². The van der Waals surface area contributed by atoms with E-state index in [1.165, 1.54) is 29.2 Å². The van der Waals surface area contributed by atoms with E-state index in [0.29, 0.717) is 29.1 Å². The molecule has 0 bridgehead atoms. The maximum atomic E-state index is 13.3. The molecule has 1 amide bonds. The third-order valence-corrected chi connectivity index (χ3v) is 6.44. The number of aliphatic hydroxyl groups is 1. The number of nitrogens with zero attached hydrogens (tertiary/aromatic N) is 5. The number of aryl methyl sites for hydroxylation is 1. The number of rotatable bonds is 8. The SMILES string of the molecule is CCN(CC)CCN1C(=O)C(=O)/C(=C(\O)c2c(C)nc3ccccn23)C1c1ccc([N+](=O)[O-])cc1. The summed E-state index contributed by atoms with van der Waals surface area (Å²) in [5, 5.41) is 22.6. The predicted octanol–water partition coefficient (Wildman–Crippen LogP) is 3.31. The molecule has 1 unspecified atom stereocenters. The van der Waals surface area contributed by atoms with Crippen molar-refractivity contribution in [2.75, 3.05) is 26.2 Å². The first-order chi connectivity index (χ1) is 16.8. The molecule has 10 nitrogen and oxygen atoms in total. The van der Waals surface area contributed by atoms with Gasteiger partial charge in [-0.2, -0.15) is 0 Å². The van der Waals surface area contributed by atoms with Gasteiger partial charge in [0.05, 0.1) is 22.2 Å². The van der Waals surface area contributed by atoms with Crippen molar-refractivity contribution in [3.05, 3.63) is 81.3 Å². The second-order valence-corrected chi connectivity index (χ2v) is 8.34. The standard InChI is InChI=1S/C25H27N5O5/c1-4-27(5-2)14-15-29-22(17-9-11-18(12-10-17)30(34)35)20(24(32)25(29)33)23(31)21-16(3)26-19-8-6-7-13-28(19)21/h6-13,22,31H,4-5,14-15H2,1-3H3/b23-20-. The average molecular weight is 478 g/mol. The Labute approximate surface area is 202 Å². The van der Waals surface area contributed by atoms with Gasteiger partial charge in [-0.25, -0.2) is 4.98 Å². The van der Waals surface area contributed by atoms with Gasteiger partial charge >= 0.3 is 0 Å². The van der Waals surface area contributed by atoms with Crippen LogP contribution in [0, 0.1) is 17.0 Å². The maximum Gasteiger partial charge on any atom is 0.295 e. The number of aromatic nitrogens is 2. The topological polar surface area (TPSA) is 121 Å². The van der Waals surface area contributed by atoms with E-state index >= 15 is 0 Å². The molecule has 3 aromatic rings. The molecule has 1 fully saturated rings. The highest BCUT2D eigenvalue weighted by Gasteiger charge is 2.46. The molecule has 0 radical (unpaired) electrons. The van der Waals surface area contributed by atoms with Crippen LogP contribution in [0.5, 0.6) is 0 Å². The van der Waals surface area contributed by atoms with E-state index in [9.17, 15) is 24.8 Å². The molecule has 0 aliphatic carbocycles. The number of benzene rings is 1. The minimum Gasteiger partial charge on any atom is -0.505 e. The molecule has 35 heavy (non-hydrogen) atoms. The molecular weight excluding hydrogens is 450 g/mol. The number of hydrogen-bond donors (Lipinski definition) is 1. The Morgan fingerprint density at radius 1 is 1.14 bits per heavy atom. The fourth-order valence-electron chi connectivity index (χ4n) is 4.55. The van der Waals surface area contributed by atoms with Gasteiger partial charge in [-0.05, 0) is 49.8 Å². The van der Waals surface area contributed by atoms with Gasteiger partial charge in [0.15, 0.2) is 5.76 Å². The Balaban J connectivity index is 1.88. The molecule has 0 saturated carbocycles. The van der Waals surface area contributed by atoms with Crippen LogP contribution in [0.25, 0.3) is 11.4 Å². The Kier molecular flexibility index (Phi) is 6.65. The molecule has 182 valence electrons. The predicted molar refractivity (Wildman–Crippen MR) is 130 cm³/mol. The van der Waals surface area contributed by atoms with E-state index in [1.807, 2.05) is 19.9 Å². The first-order valence-electron chi connectivity index (χ1n) is 11.5. The highest BCUT2D eigenvalue weighted by molar-refractivity contribution is 6.46. The van der Waals surface area contributed by atoms with Crippen LogP contribution < -0.4 is 0 Å². The largest absolute Gasteiger partial charge is 0.505 e. The molecular formula is C25H27N5O5. The van der Waals surface area contributed by atoms with Gasteiger partial charge in [0.25, 0.3) is 17.4 Å². The first-order valence-corrected chi connectivity index (χ1v) is 11.5. The lowest BCUT2D eigenvalue weighted by atomic mass is 9.96. The number of non-ortho nitro benzene ring substituents is 1. The Morgan fingerprint density at radius 2 is 1.83 bits per heavy atom. The van der Waals surface area contributed by atoms with Crippen molar-refractivity contribution < 1.29 is 19.6 Å². The number of pyridine rings is 1. The summed E-state index contributed by atoms with van der Waals surface area (Å²) in [7, 11) is 0. The number of likely N-dealkylation sites (tertiary alicyclic amines) is 1. The van der Waals surface area contributed by atoms with E-state index in [-0.39, 0.29) is 23.6 Å². The minimum absolute atomic E-state index is 0.0582. The molecule has 1 N–H and O–H groups in total. The lowest BCUT2D eigenvalue weighted by Crippen LogP contribution is -2.38. The molecule has 1 aliphatic rings. The lowest BCUT2D eigenvalue weighted by molar-refractivity contribution is -0.384. The van der Waals surface area contributed by atoms with Gasteiger partial charge < -0.3 is 14.9 Å². The van der Waals surface area contributed by atoms with E-state index in [2.05, 4.69) is 9.88 Å². The number of imidazole rings is 1. The monoisotopic (exact) mass is 477 g/mol. The molecule has 1 saturated heterocycles. The van der Waals surface area contributed by atoms with Crippen molar-refractivity contribution >= 4 is 28.8 Å². The van der Waals surface area contributed by atoms with Crippen molar-refractivity contribution in [3.8, 4) is 0 Å². The Bertz CT molecular complexity index is 1320. The first kappa shape index (κ1) is 24.1. The summed E-state index contributed by atoms with van der Waals surface area (Å²) in [5.74, 6) is -1.84. The average Bonchev–Trinajstić information content (AvgIpc) is 3.32. The van der Waals surface area contributed by atoms with Crippen LogP contribution in [-0.2, 0) is 9.59 Å². The number of carbonyl (C=O) groups is 2. The number of aliphatic hydroxyl groups excluding tert-OH is 1. The zero-order chi connectivity index (χ0) is 25.3. The highest BCUT2D eigenvalue weighted by atomic mass is 16.6. The quantitative estimate of drug-likeness (QED) is 0.174. The smallest absolute Gasteiger partial charge is 0.295 e. The van der Waals surface area contributed by atoms with Gasteiger partial charge in [-0.15, -0.1) is 0 Å². The fourth-order valence-corrected chi connectivity index (χ4v) is 4.55. The third-order valence-electron chi connectivity index (χ3n) is 6.44. The van der Waals surface area contributed by atoms with Crippen molar-refractivity contribution in [1.29, 1.82) is 0 Å². The lowest BCUT2D eigenvalue weighted by Gasteiger charge is -2.28. The summed E-state index contributed by atoms with van der Waals surface area (Å²) in [6.07, 6.45) is 1.72. The molecule has 1 aliphatic heterocycles. The third kappa shape index (κ3) is 4.28. The van der Waals surface area contributed by atoms with Crippen molar-refractivity contribution in [2.24, 2.45) is 0 Å². The number of amides is 1. The van der Waals surface area contributed by atoms with E-state index in [1.54, 1.807) is 29.7 Å². The molecule has 1 atom stereocenters. The van der Waals surface area contributed by atoms with Gasteiger partial charge in [0.1, 0.15) is 11.3 Å².